The molecular formula is C15H13Cl2NO3S. The van der Waals surface area contributed by atoms with Crippen LogP contribution in [-0.2, 0) is 14.8 Å². The average molecular weight is 358 g/mol. The smallest absolute Gasteiger partial charge is 0.265 e. The van der Waals surface area contributed by atoms with Crippen molar-refractivity contribution in [1.29, 1.82) is 0 Å². The molecule has 22 heavy (non-hydrogen) atoms. The number of halogens is 2. The van der Waals surface area contributed by atoms with E-state index >= 15 is 0 Å². The number of hydrogen-bond acceptors (Lipinski definition) is 3. The largest absolute Gasteiger partial charge is 0.279 e. The van der Waals surface area contributed by atoms with E-state index in [1.165, 1.54) is 25.1 Å². The Kier molecular flexibility index (Phi) is 5.11. The molecule has 0 aliphatic carbocycles. The van der Waals surface area contributed by atoms with Gasteiger partial charge < -0.3 is 0 Å². The van der Waals surface area contributed by atoms with Gasteiger partial charge in [0.25, 0.3) is 10.0 Å². The molecule has 0 spiro atoms. The molecule has 0 aliphatic rings. The molecule has 0 heterocycles. The molecule has 0 aromatic heterocycles. The first-order chi connectivity index (χ1) is 10.4. The Balaban J connectivity index is 2.65. The van der Waals surface area contributed by atoms with Crippen molar-refractivity contribution in [3.05, 3.63) is 59.6 Å². The van der Waals surface area contributed by atoms with Crippen LogP contribution in [0.25, 0.3) is 0 Å². The van der Waals surface area contributed by atoms with Gasteiger partial charge in [-0.3, -0.25) is 9.10 Å². The van der Waals surface area contributed by atoms with Crippen LogP contribution in [0.4, 0.5) is 5.69 Å². The van der Waals surface area contributed by atoms with Gasteiger partial charge in [-0.05, 0) is 42.8 Å². The Bertz CT molecular complexity index is 778. The van der Waals surface area contributed by atoms with Crippen LogP contribution in [0, 0.1) is 0 Å². The summed E-state index contributed by atoms with van der Waals surface area (Å²) in [6, 6.07) is 13.1. The third-order valence-electron chi connectivity index (χ3n) is 3.07. The van der Waals surface area contributed by atoms with E-state index in [1.807, 2.05) is 0 Å². The van der Waals surface area contributed by atoms with Crippen LogP contribution in [0.2, 0.25) is 5.02 Å². The molecule has 4 nitrogen and oxygen atoms in total. The summed E-state index contributed by atoms with van der Waals surface area (Å²) in [5, 5.41) is -0.578. The van der Waals surface area contributed by atoms with Crippen molar-refractivity contribution < 1.29 is 13.2 Å². The van der Waals surface area contributed by atoms with Crippen molar-refractivity contribution in [2.75, 3.05) is 4.31 Å². The molecule has 0 saturated carbocycles. The second-order valence-electron chi connectivity index (χ2n) is 4.55. The van der Waals surface area contributed by atoms with Gasteiger partial charge in [-0.2, -0.15) is 0 Å². The normalized spacial score (nSPS) is 12.7. The fourth-order valence-corrected chi connectivity index (χ4v) is 4.07. The quantitative estimate of drug-likeness (QED) is 0.766. The molecule has 0 amide bonds. The van der Waals surface area contributed by atoms with Crippen LogP contribution in [0.3, 0.4) is 0 Å². The van der Waals surface area contributed by atoms with E-state index in [-0.39, 0.29) is 15.6 Å². The van der Waals surface area contributed by atoms with Crippen molar-refractivity contribution in [3.8, 4) is 0 Å². The third-order valence-corrected chi connectivity index (χ3v) is 5.60. The zero-order chi connectivity index (χ0) is 16.3. The summed E-state index contributed by atoms with van der Waals surface area (Å²) in [6.45, 7) is 1.42. The van der Waals surface area contributed by atoms with E-state index in [9.17, 15) is 13.2 Å². The van der Waals surface area contributed by atoms with E-state index in [1.54, 1.807) is 36.4 Å². The number of para-hydroxylation sites is 1. The molecule has 0 aliphatic heterocycles. The second kappa shape index (κ2) is 6.69. The Morgan fingerprint density at radius 2 is 1.59 bits per heavy atom. The van der Waals surface area contributed by atoms with Crippen molar-refractivity contribution in [3.63, 3.8) is 0 Å². The molecule has 2 rings (SSSR count). The van der Waals surface area contributed by atoms with E-state index in [0.29, 0.717) is 0 Å². The molecule has 0 radical (unpaired) electrons. The monoisotopic (exact) mass is 357 g/mol. The minimum absolute atomic E-state index is 0.0553. The first kappa shape index (κ1) is 16.8. The number of sulfonamides is 1. The Morgan fingerprint density at radius 1 is 1.05 bits per heavy atom. The van der Waals surface area contributed by atoms with Crippen molar-refractivity contribution in [2.24, 2.45) is 0 Å². The fourth-order valence-electron chi connectivity index (χ4n) is 1.97. The summed E-state index contributed by atoms with van der Waals surface area (Å²) in [6.07, 6.45) is 0. The van der Waals surface area contributed by atoms with Gasteiger partial charge in [0.2, 0.25) is 5.24 Å². The first-order valence-electron chi connectivity index (χ1n) is 6.39. The molecule has 0 bridgehead atoms. The lowest BCUT2D eigenvalue weighted by molar-refractivity contribution is -0.112. The number of carbonyl (C=O) groups excluding carboxylic acids is 1. The van der Waals surface area contributed by atoms with Gasteiger partial charge in [-0.1, -0.05) is 41.9 Å². The highest BCUT2D eigenvalue weighted by Crippen LogP contribution is 2.32. The number of hydrogen-bond donors (Lipinski definition) is 0. The third kappa shape index (κ3) is 3.27. The minimum Gasteiger partial charge on any atom is -0.279 e. The summed E-state index contributed by atoms with van der Waals surface area (Å²) in [5.74, 6) is 0. The second-order valence-corrected chi connectivity index (χ2v) is 7.14. The Hall–Kier alpha value is -1.56. The average Bonchev–Trinajstić information content (AvgIpc) is 2.50. The highest BCUT2D eigenvalue weighted by atomic mass is 35.5. The molecule has 0 fully saturated rings. The number of benzene rings is 2. The van der Waals surface area contributed by atoms with Crippen molar-refractivity contribution >= 4 is 44.2 Å². The van der Waals surface area contributed by atoms with Gasteiger partial charge in [0.1, 0.15) is 6.04 Å². The molecular weight excluding hydrogens is 345 g/mol. The molecule has 0 N–H and O–H groups in total. The van der Waals surface area contributed by atoms with E-state index in [2.05, 4.69) is 0 Å². The van der Waals surface area contributed by atoms with Gasteiger partial charge in [0, 0.05) is 0 Å². The molecule has 7 heteroatoms. The minimum atomic E-state index is -3.98. The lowest BCUT2D eigenvalue weighted by atomic mass is 10.3. The maximum absolute atomic E-state index is 12.9. The van der Waals surface area contributed by atoms with Crippen LogP contribution in [-0.4, -0.2) is 19.7 Å². The van der Waals surface area contributed by atoms with Gasteiger partial charge >= 0.3 is 0 Å². The summed E-state index contributed by atoms with van der Waals surface area (Å²) in [7, 11) is -3.98. The zero-order valence-corrected chi connectivity index (χ0v) is 13.9. The van der Waals surface area contributed by atoms with Gasteiger partial charge in [0.15, 0.2) is 0 Å². The van der Waals surface area contributed by atoms with Gasteiger partial charge in [-0.25, -0.2) is 8.42 Å². The standard InChI is InChI=1S/C15H13Cl2NO3S/c1-11(15(17)19)18(14-10-6-5-9-13(14)16)22(20,21)12-7-3-2-4-8-12/h2-11H,1H3. The highest BCUT2D eigenvalue weighted by Gasteiger charge is 2.33. The van der Waals surface area contributed by atoms with Crippen LogP contribution < -0.4 is 4.31 Å². The lowest BCUT2D eigenvalue weighted by Crippen LogP contribution is -2.42. The van der Waals surface area contributed by atoms with Gasteiger partial charge in [-0.15, -0.1) is 0 Å². The molecule has 0 saturated heterocycles. The van der Waals surface area contributed by atoms with Gasteiger partial charge in [0.05, 0.1) is 15.6 Å². The number of nitrogens with zero attached hydrogens (tertiary/aromatic N) is 1. The predicted molar refractivity (Wildman–Crippen MR) is 87.9 cm³/mol. The van der Waals surface area contributed by atoms with Crippen LogP contribution in [0.1, 0.15) is 6.92 Å². The predicted octanol–water partition coefficient (Wildman–Crippen LogP) is 3.69. The van der Waals surface area contributed by atoms with E-state index in [0.717, 1.165) is 4.31 Å². The van der Waals surface area contributed by atoms with E-state index in [4.69, 9.17) is 23.2 Å². The zero-order valence-electron chi connectivity index (χ0n) is 11.6. The summed E-state index contributed by atoms with van der Waals surface area (Å²) in [5.41, 5.74) is 0.203. The summed E-state index contributed by atoms with van der Waals surface area (Å²) >= 11 is 11.6. The summed E-state index contributed by atoms with van der Waals surface area (Å²) < 4.78 is 26.7. The molecule has 1 atom stereocenters. The molecule has 1 unspecified atom stereocenters. The van der Waals surface area contributed by atoms with Crippen LogP contribution in [0.15, 0.2) is 59.5 Å². The SMILES string of the molecule is CC(C(=O)Cl)N(c1ccccc1Cl)S(=O)(=O)c1ccccc1. The summed E-state index contributed by atoms with van der Waals surface area (Å²) in [4.78, 5) is 11.6. The highest BCUT2D eigenvalue weighted by molar-refractivity contribution is 7.93. The maximum Gasteiger partial charge on any atom is 0.265 e. The maximum atomic E-state index is 12.9. The van der Waals surface area contributed by atoms with Crippen molar-refractivity contribution in [2.45, 2.75) is 17.9 Å². The topological polar surface area (TPSA) is 54.5 Å². The lowest BCUT2D eigenvalue weighted by Gasteiger charge is -2.29. The molecule has 116 valence electrons. The number of anilines is 1. The molecule has 2 aromatic rings. The first-order valence-corrected chi connectivity index (χ1v) is 8.58. The van der Waals surface area contributed by atoms with Crippen LogP contribution >= 0.6 is 23.2 Å². The fraction of sp³-hybridized carbons (Fsp3) is 0.133. The Morgan fingerprint density at radius 3 is 2.14 bits per heavy atom. The number of carbonyl (C=O) groups is 1. The van der Waals surface area contributed by atoms with Crippen molar-refractivity contribution in [1.82, 2.24) is 0 Å². The molecule has 2 aromatic carbocycles. The van der Waals surface area contributed by atoms with Crippen LogP contribution in [0.5, 0.6) is 0 Å². The number of rotatable bonds is 5. The van der Waals surface area contributed by atoms with E-state index < -0.39 is 21.3 Å². The Labute approximate surface area is 139 Å².